The highest BCUT2D eigenvalue weighted by atomic mass is 16.5. The number of ketones is 2. The van der Waals surface area contributed by atoms with Gasteiger partial charge in [0.05, 0.1) is 24.2 Å². The van der Waals surface area contributed by atoms with Gasteiger partial charge in [-0.05, 0) is 108 Å². The zero-order chi connectivity index (χ0) is 28.3. The van der Waals surface area contributed by atoms with Crippen LogP contribution in [0.4, 0.5) is 0 Å². The fourth-order valence-corrected chi connectivity index (χ4v) is 9.62. The molecule has 5 aliphatic carbocycles. The lowest BCUT2D eigenvalue weighted by Crippen LogP contribution is -2.64. The summed E-state index contributed by atoms with van der Waals surface area (Å²) < 4.78 is 6.54. The van der Waals surface area contributed by atoms with Gasteiger partial charge in [0, 0.05) is 30.2 Å². The molecule has 3 N–H and O–H groups in total. The maximum absolute atomic E-state index is 13.5. The van der Waals surface area contributed by atoms with Crippen molar-refractivity contribution in [2.45, 2.75) is 134 Å². The number of Topliss-reactive ketones (excluding diaryl/α,β-unsaturated/α-hetero) is 2. The fraction of sp³-hybridized carbons (Fsp3) is 0.886. The van der Waals surface area contributed by atoms with E-state index in [2.05, 4.69) is 17.1 Å². The summed E-state index contributed by atoms with van der Waals surface area (Å²) in [6, 6.07) is -0.485. The molecule has 0 aromatic rings. The molecule has 7 atom stereocenters. The number of nitrogens with two attached hydrogens (primary N) is 1. The van der Waals surface area contributed by atoms with Crippen LogP contribution in [0.3, 0.4) is 0 Å². The van der Waals surface area contributed by atoms with Crippen molar-refractivity contribution in [1.82, 2.24) is 4.90 Å². The van der Waals surface area contributed by atoms with Gasteiger partial charge >= 0.3 is 0 Å². The van der Waals surface area contributed by atoms with Crippen molar-refractivity contribution in [3.8, 4) is 0 Å². The Kier molecular flexibility index (Phi) is 10.0. The van der Waals surface area contributed by atoms with Gasteiger partial charge in [-0.15, -0.1) is 0 Å². The highest BCUT2D eigenvalue weighted by Crippen LogP contribution is 2.47. The molecule has 6 fully saturated rings. The summed E-state index contributed by atoms with van der Waals surface area (Å²) in [6.07, 6.45) is 23.5. The highest BCUT2D eigenvalue weighted by Gasteiger charge is 2.58. The SMILES string of the molecule is NC1C(OC2CCC(CCN3CCC(C=CC4CCCCC4)CC3)CC2)CC(O)C2C(=O)C3CCCCC3C(=O)C12. The highest BCUT2D eigenvalue weighted by molar-refractivity contribution is 6.00. The maximum atomic E-state index is 13.5. The molecule has 0 amide bonds. The zero-order valence-electron chi connectivity index (χ0n) is 25.3. The predicted octanol–water partition coefficient (Wildman–Crippen LogP) is 5.45. The number of hydrogen-bond acceptors (Lipinski definition) is 6. The monoisotopic (exact) mass is 568 g/mol. The number of rotatable bonds is 7. The van der Waals surface area contributed by atoms with E-state index in [-0.39, 0.29) is 35.6 Å². The Morgan fingerprint density at radius 1 is 0.756 bits per heavy atom. The van der Waals surface area contributed by atoms with Crippen molar-refractivity contribution in [1.29, 1.82) is 0 Å². The van der Waals surface area contributed by atoms with Gasteiger partial charge in [0.15, 0.2) is 0 Å². The van der Waals surface area contributed by atoms with Crippen molar-refractivity contribution in [2.24, 2.45) is 47.2 Å². The first kappa shape index (κ1) is 30.0. The molecule has 0 radical (unpaired) electrons. The van der Waals surface area contributed by atoms with Gasteiger partial charge in [0.1, 0.15) is 11.6 Å². The second-order valence-electron chi connectivity index (χ2n) is 14.8. The third kappa shape index (κ3) is 6.86. The molecule has 1 aliphatic heterocycles. The van der Waals surface area contributed by atoms with E-state index in [0.29, 0.717) is 6.42 Å². The summed E-state index contributed by atoms with van der Waals surface area (Å²) in [5, 5.41) is 11.0. The van der Waals surface area contributed by atoms with Crippen LogP contribution in [0.5, 0.6) is 0 Å². The number of carbonyl (C=O) groups is 2. The van der Waals surface area contributed by atoms with Crippen molar-refractivity contribution >= 4 is 11.6 Å². The standard InChI is InChI=1S/C35H56N2O4/c36-33-30(22-29(38)31-32(33)35(40)28-9-5-4-8-27(28)34(31)39)41-26-14-12-24(13-15-26)16-19-37-20-17-25(18-21-37)11-10-23-6-2-1-3-7-23/h10-11,23-33,38H,1-9,12-22,36H2. The second kappa shape index (κ2) is 13.7. The van der Waals surface area contributed by atoms with Crippen molar-refractivity contribution in [2.75, 3.05) is 19.6 Å². The molecule has 0 bridgehead atoms. The number of nitrogens with zero attached hydrogens (tertiary/aromatic N) is 1. The topological polar surface area (TPSA) is 92.9 Å². The molecular weight excluding hydrogens is 512 g/mol. The third-order valence-corrected chi connectivity index (χ3v) is 12.2. The first-order valence-electron chi connectivity index (χ1n) is 17.5. The van der Waals surface area contributed by atoms with Gasteiger partial charge in [-0.25, -0.2) is 0 Å². The summed E-state index contributed by atoms with van der Waals surface area (Å²) in [7, 11) is 0. The van der Waals surface area contributed by atoms with E-state index >= 15 is 0 Å². The number of likely N-dealkylation sites (tertiary alicyclic amines) is 1. The number of allylic oxidation sites excluding steroid dienone is 2. The molecule has 1 saturated heterocycles. The minimum Gasteiger partial charge on any atom is -0.392 e. The molecule has 6 nitrogen and oxygen atoms in total. The Morgan fingerprint density at radius 2 is 1.34 bits per heavy atom. The zero-order valence-corrected chi connectivity index (χ0v) is 25.3. The van der Waals surface area contributed by atoms with E-state index in [9.17, 15) is 14.7 Å². The first-order chi connectivity index (χ1) is 20.0. The van der Waals surface area contributed by atoms with Gasteiger partial charge in [-0.2, -0.15) is 0 Å². The molecule has 41 heavy (non-hydrogen) atoms. The van der Waals surface area contributed by atoms with Crippen LogP contribution in [0.2, 0.25) is 0 Å². The van der Waals surface area contributed by atoms with Gasteiger partial charge in [-0.1, -0.05) is 44.3 Å². The Labute approximate surface area is 248 Å². The largest absolute Gasteiger partial charge is 0.392 e. The number of piperidine rings is 1. The second-order valence-corrected chi connectivity index (χ2v) is 14.8. The Morgan fingerprint density at radius 3 is 2.00 bits per heavy atom. The van der Waals surface area contributed by atoms with Crippen molar-refractivity contribution < 1.29 is 19.4 Å². The number of aliphatic hydroxyl groups excluding tert-OH is 1. The molecule has 230 valence electrons. The van der Waals surface area contributed by atoms with Crippen LogP contribution < -0.4 is 5.73 Å². The number of hydrogen-bond donors (Lipinski definition) is 2. The molecule has 0 aromatic carbocycles. The molecule has 6 rings (SSSR count). The van der Waals surface area contributed by atoms with Gasteiger partial charge in [0.2, 0.25) is 0 Å². The van der Waals surface area contributed by atoms with Crippen LogP contribution in [0, 0.1) is 41.4 Å². The van der Waals surface area contributed by atoms with E-state index < -0.39 is 24.0 Å². The third-order valence-electron chi connectivity index (χ3n) is 12.2. The van der Waals surface area contributed by atoms with Crippen LogP contribution in [-0.2, 0) is 14.3 Å². The van der Waals surface area contributed by atoms with Crippen LogP contribution in [-0.4, -0.2) is 65.6 Å². The summed E-state index contributed by atoms with van der Waals surface area (Å²) in [4.78, 5) is 29.5. The number of aliphatic hydroxyl groups is 1. The van der Waals surface area contributed by atoms with Crippen molar-refractivity contribution in [3.63, 3.8) is 0 Å². The molecular formula is C35H56N2O4. The van der Waals surface area contributed by atoms with Gasteiger partial charge in [-0.3, -0.25) is 9.59 Å². The van der Waals surface area contributed by atoms with E-state index in [1.165, 1.54) is 83.8 Å². The lowest BCUT2D eigenvalue weighted by molar-refractivity contribution is -0.168. The molecule has 0 spiro atoms. The van der Waals surface area contributed by atoms with Crippen LogP contribution in [0.25, 0.3) is 0 Å². The van der Waals surface area contributed by atoms with E-state index in [1.54, 1.807) is 0 Å². The average Bonchev–Trinajstić information content (AvgIpc) is 3.01. The Balaban J connectivity index is 0.917. The normalized spacial score (nSPS) is 41.9. The quantitative estimate of drug-likeness (QED) is 0.397. The predicted molar refractivity (Wildman–Crippen MR) is 161 cm³/mol. The summed E-state index contributed by atoms with van der Waals surface area (Å²) >= 11 is 0. The lowest BCUT2D eigenvalue weighted by atomic mass is 9.56. The molecule has 5 saturated carbocycles. The Bertz CT molecular complexity index is 915. The van der Waals surface area contributed by atoms with Gasteiger partial charge < -0.3 is 20.5 Å². The fourth-order valence-electron chi connectivity index (χ4n) is 9.62. The van der Waals surface area contributed by atoms with Crippen LogP contribution in [0.15, 0.2) is 12.2 Å². The van der Waals surface area contributed by atoms with Crippen molar-refractivity contribution in [3.05, 3.63) is 12.2 Å². The summed E-state index contributed by atoms with van der Waals surface area (Å²) in [5.41, 5.74) is 6.69. The molecule has 1 heterocycles. The molecule has 6 aliphatic rings. The molecule has 6 heteroatoms. The molecule has 7 unspecified atom stereocenters. The maximum Gasteiger partial charge on any atom is 0.143 e. The number of carbonyl (C=O) groups excluding carboxylic acids is 2. The minimum atomic E-state index is -0.813. The summed E-state index contributed by atoms with van der Waals surface area (Å²) in [6.45, 7) is 3.70. The smallest absolute Gasteiger partial charge is 0.143 e. The van der Waals surface area contributed by atoms with E-state index in [4.69, 9.17) is 10.5 Å². The average molecular weight is 569 g/mol. The molecule has 0 aromatic heterocycles. The van der Waals surface area contributed by atoms with Crippen LogP contribution in [0.1, 0.15) is 109 Å². The van der Waals surface area contributed by atoms with Crippen LogP contribution >= 0.6 is 0 Å². The van der Waals surface area contributed by atoms with E-state index in [1.807, 2.05) is 0 Å². The Hall–Kier alpha value is -1.08. The summed E-state index contributed by atoms with van der Waals surface area (Å²) in [5.74, 6) is 1.05. The van der Waals surface area contributed by atoms with Gasteiger partial charge in [0.25, 0.3) is 0 Å². The minimum absolute atomic E-state index is 0.0985. The lowest BCUT2D eigenvalue weighted by Gasteiger charge is -2.50. The number of ether oxygens (including phenoxy) is 1. The number of fused-ring (bicyclic) bond motifs is 2. The van der Waals surface area contributed by atoms with E-state index in [0.717, 1.165) is 56.3 Å². The first-order valence-corrected chi connectivity index (χ1v) is 17.5.